The third-order valence-electron chi connectivity index (χ3n) is 3.76. The quantitative estimate of drug-likeness (QED) is 0.769. The largest absolute Gasteiger partial charge is 0.480 e. The van der Waals surface area contributed by atoms with Crippen LogP contribution in [0, 0.1) is 0 Å². The number of hydrogen-bond acceptors (Lipinski definition) is 3. The maximum atomic E-state index is 12.3. The lowest BCUT2D eigenvalue weighted by Crippen LogP contribution is -2.54. The monoisotopic (exact) mass is 280 g/mol. The minimum Gasteiger partial charge on any atom is -0.480 e. The number of aromatic amines is 1. The molecule has 0 aromatic carbocycles. The number of urea groups is 1. The van der Waals surface area contributed by atoms with E-state index in [-0.39, 0.29) is 25.0 Å². The molecule has 1 atom stereocenters. The first-order valence-electron chi connectivity index (χ1n) is 6.87. The zero-order valence-electron chi connectivity index (χ0n) is 11.7. The summed E-state index contributed by atoms with van der Waals surface area (Å²) in [6, 6.07) is -1.12. The van der Waals surface area contributed by atoms with Crippen LogP contribution in [0.2, 0.25) is 0 Å². The number of imidazole rings is 1. The van der Waals surface area contributed by atoms with Gasteiger partial charge in [-0.3, -0.25) is 0 Å². The number of hydrogen-bond donors (Lipinski definition) is 3. The molecule has 1 aromatic heterocycles. The summed E-state index contributed by atoms with van der Waals surface area (Å²) < 4.78 is 0. The van der Waals surface area contributed by atoms with E-state index in [0.29, 0.717) is 0 Å². The predicted octanol–water partition coefficient (Wildman–Crippen LogP) is 1.12. The first kappa shape index (κ1) is 14.4. The summed E-state index contributed by atoms with van der Waals surface area (Å²) in [5.41, 5.74) is 1.53. The lowest BCUT2D eigenvalue weighted by atomic mass is 10.0. The smallest absolute Gasteiger partial charge is 0.326 e. The van der Waals surface area contributed by atoms with Gasteiger partial charge in [0.25, 0.3) is 0 Å². The Labute approximate surface area is 117 Å². The van der Waals surface area contributed by atoms with Crippen LogP contribution in [0.25, 0.3) is 0 Å². The fraction of sp³-hybridized carbons (Fsp3) is 0.615. The molecule has 0 aliphatic carbocycles. The van der Waals surface area contributed by atoms with E-state index in [9.17, 15) is 14.7 Å². The van der Waals surface area contributed by atoms with E-state index in [1.165, 1.54) is 11.2 Å². The van der Waals surface area contributed by atoms with E-state index in [2.05, 4.69) is 15.3 Å². The molecule has 7 nitrogen and oxygen atoms in total. The second-order valence-corrected chi connectivity index (χ2v) is 4.98. The van der Waals surface area contributed by atoms with Crippen LogP contribution < -0.4 is 5.32 Å². The number of carbonyl (C=O) groups excluding carboxylic acids is 1. The van der Waals surface area contributed by atoms with Gasteiger partial charge in [-0.05, 0) is 12.8 Å². The fourth-order valence-corrected chi connectivity index (χ4v) is 2.42. The molecule has 3 N–H and O–H groups in total. The number of nitrogens with one attached hydrogen (secondary N) is 2. The van der Waals surface area contributed by atoms with Crippen molar-refractivity contribution in [3.8, 4) is 0 Å². The van der Waals surface area contributed by atoms with Gasteiger partial charge in [-0.25, -0.2) is 14.6 Å². The molecule has 2 rings (SSSR count). The number of aliphatic carboxylic acids is 1. The number of aromatic nitrogens is 2. The average molecular weight is 280 g/mol. The summed E-state index contributed by atoms with van der Waals surface area (Å²) in [5.74, 6) is -1.00. The van der Waals surface area contributed by atoms with Gasteiger partial charge in [-0.1, -0.05) is 13.8 Å². The summed E-state index contributed by atoms with van der Waals surface area (Å²) in [7, 11) is 0. The van der Waals surface area contributed by atoms with Gasteiger partial charge in [0.05, 0.1) is 24.3 Å². The molecule has 1 aliphatic rings. The van der Waals surface area contributed by atoms with Crippen LogP contribution in [0.1, 0.15) is 38.1 Å². The molecule has 0 spiro atoms. The second-order valence-electron chi connectivity index (χ2n) is 4.98. The molecular weight excluding hydrogens is 260 g/mol. The Morgan fingerprint density at radius 1 is 1.55 bits per heavy atom. The predicted molar refractivity (Wildman–Crippen MR) is 72.2 cm³/mol. The molecule has 1 aliphatic heterocycles. The standard InChI is InChI=1S/C13H20N4O3/c1-3-8(4-2)16-13(20)17-6-10-9(14-7-15-10)5-11(17)12(18)19/h7-8,11H,3-6H2,1-2H3,(H,14,15)(H,16,20)(H,18,19). The summed E-state index contributed by atoms with van der Waals surface area (Å²) >= 11 is 0. The van der Waals surface area contributed by atoms with Crippen LogP contribution >= 0.6 is 0 Å². The van der Waals surface area contributed by atoms with Crippen LogP contribution in [0.15, 0.2) is 6.33 Å². The van der Waals surface area contributed by atoms with E-state index in [1.54, 1.807) is 0 Å². The van der Waals surface area contributed by atoms with Crippen LogP contribution in [0.3, 0.4) is 0 Å². The number of amides is 2. The van der Waals surface area contributed by atoms with Gasteiger partial charge < -0.3 is 20.3 Å². The van der Waals surface area contributed by atoms with Crippen molar-refractivity contribution < 1.29 is 14.7 Å². The SMILES string of the molecule is CCC(CC)NC(=O)N1Cc2[nH]cnc2CC1C(=O)O. The van der Waals surface area contributed by atoms with E-state index in [1.807, 2.05) is 13.8 Å². The topological polar surface area (TPSA) is 98.3 Å². The number of H-pyrrole nitrogens is 1. The highest BCUT2D eigenvalue weighted by Gasteiger charge is 2.36. The van der Waals surface area contributed by atoms with Crippen molar-refractivity contribution in [3.05, 3.63) is 17.7 Å². The van der Waals surface area contributed by atoms with Gasteiger partial charge in [0.1, 0.15) is 6.04 Å². The van der Waals surface area contributed by atoms with Crippen molar-refractivity contribution in [1.29, 1.82) is 0 Å². The normalized spacial score (nSPS) is 17.9. The summed E-state index contributed by atoms with van der Waals surface area (Å²) in [4.78, 5) is 32.1. The van der Waals surface area contributed by atoms with Crippen molar-refractivity contribution >= 4 is 12.0 Å². The average Bonchev–Trinajstić information content (AvgIpc) is 2.90. The molecule has 1 unspecified atom stereocenters. The van der Waals surface area contributed by atoms with Crippen molar-refractivity contribution in [2.45, 2.75) is 51.7 Å². The van der Waals surface area contributed by atoms with Gasteiger partial charge in [0.2, 0.25) is 0 Å². The van der Waals surface area contributed by atoms with E-state index >= 15 is 0 Å². The number of rotatable bonds is 4. The van der Waals surface area contributed by atoms with Crippen molar-refractivity contribution in [2.75, 3.05) is 0 Å². The number of carboxylic acid groups (broad SMARTS) is 1. The Kier molecular flexibility index (Phi) is 4.26. The number of carboxylic acids is 1. The maximum Gasteiger partial charge on any atom is 0.326 e. The number of fused-ring (bicyclic) bond motifs is 1. The lowest BCUT2D eigenvalue weighted by molar-refractivity contribution is -0.142. The van der Waals surface area contributed by atoms with Gasteiger partial charge in [-0.15, -0.1) is 0 Å². The Hall–Kier alpha value is -2.05. The fourth-order valence-electron chi connectivity index (χ4n) is 2.42. The minimum atomic E-state index is -1.00. The molecule has 1 aromatic rings. The lowest BCUT2D eigenvalue weighted by Gasteiger charge is -2.33. The molecule has 110 valence electrons. The molecular formula is C13H20N4O3. The molecule has 20 heavy (non-hydrogen) atoms. The van der Waals surface area contributed by atoms with Crippen LogP contribution in [-0.2, 0) is 17.8 Å². The van der Waals surface area contributed by atoms with Crippen molar-refractivity contribution in [1.82, 2.24) is 20.2 Å². The number of carbonyl (C=O) groups is 2. The molecule has 0 saturated heterocycles. The zero-order valence-corrected chi connectivity index (χ0v) is 11.7. The third-order valence-corrected chi connectivity index (χ3v) is 3.76. The summed E-state index contributed by atoms with van der Waals surface area (Å²) in [6.45, 7) is 4.23. The van der Waals surface area contributed by atoms with Crippen LogP contribution in [0.4, 0.5) is 4.79 Å². The third kappa shape index (κ3) is 2.76. The number of nitrogens with zero attached hydrogens (tertiary/aromatic N) is 2. The molecule has 0 fully saturated rings. The Balaban J connectivity index is 2.16. The summed E-state index contributed by atoms with van der Waals surface area (Å²) in [5, 5.41) is 12.2. The maximum absolute atomic E-state index is 12.3. The van der Waals surface area contributed by atoms with Crippen LogP contribution in [-0.4, -0.2) is 44.1 Å². The second kappa shape index (κ2) is 5.94. The van der Waals surface area contributed by atoms with E-state index in [4.69, 9.17) is 0 Å². The first-order valence-corrected chi connectivity index (χ1v) is 6.87. The Bertz CT molecular complexity index is 496. The molecule has 0 bridgehead atoms. The molecule has 2 heterocycles. The minimum absolute atomic E-state index is 0.0695. The van der Waals surface area contributed by atoms with Crippen molar-refractivity contribution in [2.24, 2.45) is 0 Å². The van der Waals surface area contributed by atoms with E-state index < -0.39 is 12.0 Å². The Morgan fingerprint density at radius 2 is 2.25 bits per heavy atom. The van der Waals surface area contributed by atoms with Crippen LogP contribution in [0.5, 0.6) is 0 Å². The molecule has 7 heteroatoms. The van der Waals surface area contributed by atoms with Gasteiger partial charge in [-0.2, -0.15) is 0 Å². The van der Waals surface area contributed by atoms with E-state index in [0.717, 1.165) is 24.2 Å². The molecule has 2 amide bonds. The molecule has 0 saturated carbocycles. The Morgan fingerprint density at radius 3 is 2.85 bits per heavy atom. The van der Waals surface area contributed by atoms with Gasteiger partial charge in [0, 0.05) is 12.5 Å². The van der Waals surface area contributed by atoms with Gasteiger partial charge >= 0.3 is 12.0 Å². The highest BCUT2D eigenvalue weighted by Crippen LogP contribution is 2.21. The highest BCUT2D eigenvalue weighted by molar-refractivity contribution is 5.83. The molecule has 0 radical (unpaired) electrons. The van der Waals surface area contributed by atoms with Gasteiger partial charge in [0.15, 0.2) is 0 Å². The van der Waals surface area contributed by atoms with Crippen molar-refractivity contribution in [3.63, 3.8) is 0 Å². The first-order chi connectivity index (χ1) is 9.56. The summed E-state index contributed by atoms with van der Waals surface area (Å²) in [6.07, 6.45) is 3.42. The highest BCUT2D eigenvalue weighted by atomic mass is 16.4. The zero-order chi connectivity index (χ0) is 14.7.